The Hall–Kier alpha value is -3.02. The molecule has 0 bridgehead atoms. The Morgan fingerprint density at radius 3 is 2.48 bits per heavy atom. The third-order valence-corrected chi connectivity index (χ3v) is 6.08. The molecule has 6 heteroatoms. The number of nitrogens with one attached hydrogen (secondary N) is 1. The zero-order chi connectivity index (χ0) is 22.3. The van der Waals surface area contributed by atoms with Crippen molar-refractivity contribution in [3.05, 3.63) is 89.5 Å². The Morgan fingerprint density at radius 2 is 1.76 bits per heavy atom. The number of aryl methyl sites for hydroxylation is 1. The van der Waals surface area contributed by atoms with Crippen LogP contribution in [0, 0.1) is 5.92 Å². The van der Waals surface area contributed by atoms with Crippen LogP contribution < -0.4 is 15.8 Å². The number of hydrogen-bond donors (Lipinski definition) is 3. The van der Waals surface area contributed by atoms with Gasteiger partial charge in [0.2, 0.25) is 0 Å². The average molecular weight is 467 g/mol. The lowest BCUT2D eigenvalue weighted by atomic mass is 9.90. The van der Waals surface area contributed by atoms with Crippen LogP contribution in [0.3, 0.4) is 0 Å². The molecular weight excluding hydrogens is 436 g/mol. The zero-order valence-corrected chi connectivity index (χ0v) is 19.4. The van der Waals surface area contributed by atoms with E-state index in [1.54, 1.807) is 12.1 Å². The molecule has 33 heavy (non-hydrogen) atoms. The fraction of sp³-hybridized carbons (Fsp3) is 0.296. The number of anilines is 2. The van der Waals surface area contributed by atoms with E-state index in [4.69, 9.17) is 10.5 Å². The minimum absolute atomic E-state index is 0. The Balaban J connectivity index is 0.00000306. The number of nitrogen functional groups attached to an aromatic ring is 1. The fourth-order valence-corrected chi connectivity index (χ4v) is 4.41. The molecule has 0 fully saturated rings. The maximum absolute atomic E-state index is 12.6. The molecule has 1 amide bonds. The van der Waals surface area contributed by atoms with Crippen molar-refractivity contribution in [2.75, 3.05) is 17.7 Å². The van der Waals surface area contributed by atoms with Gasteiger partial charge in [-0.1, -0.05) is 42.5 Å². The van der Waals surface area contributed by atoms with Crippen molar-refractivity contribution in [3.63, 3.8) is 0 Å². The van der Waals surface area contributed by atoms with Crippen molar-refractivity contribution in [1.29, 1.82) is 0 Å². The summed E-state index contributed by atoms with van der Waals surface area (Å²) in [5.41, 5.74) is 10.7. The van der Waals surface area contributed by atoms with Gasteiger partial charge in [0, 0.05) is 5.56 Å². The summed E-state index contributed by atoms with van der Waals surface area (Å²) in [6, 6.07) is 22.7. The summed E-state index contributed by atoms with van der Waals surface area (Å²) in [4.78, 5) is 12.6. The Morgan fingerprint density at radius 1 is 1.06 bits per heavy atom. The van der Waals surface area contributed by atoms with Gasteiger partial charge in [-0.15, -0.1) is 12.4 Å². The maximum Gasteiger partial charge on any atom is 0.255 e. The first-order valence-corrected chi connectivity index (χ1v) is 11.2. The van der Waals surface area contributed by atoms with Crippen LogP contribution in [-0.2, 0) is 12.8 Å². The van der Waals surface area contributed by atoms with Crippen molar-refractivity contribution in [1.82, 2.24) is 0 Å². The van der Waals surface area contributed by atoms with Crippen LogP contribution in [0.25, 0.3) is 0 Å². The predicted molar refractivity (Wildman–Crippen MR) is 135 cm³/mol. The van der Waals surface area contributed by atoms with Gasteiger partial charge >= 0.3 is 0 Å². The molecule has 0 spiro atoms. The summed E-state index contributed by atoms with van der Waals surface area (Å²) < 4.78 is 5.72. The average Bonchev–Trinajstić information content (AvgIpc) is 3.03. The van der Waals surface area contributed by atoms with Crippen LogP contribution in [0.5, 0.6) is 5.75 Å². The highest BCUT2D eigenvalue weighted by Gasteiger charge is 2.23. The fourth-order valence-electron chi connectivity index (χ4n) is 4.41. The third kappa shape index (κ3) is 6.50. The van der Waals surface area contributed by atoms with Crippen molar-refractivity contribution < 1.29 is 14.6 Å². The van der Waals surface area contributed by atoms with Crippen LogP contribution >= 0.6 is 12.4 Å². The Labute approximate surface area is 201 Å². The maximum atomic E-state index is 12.6. The van der Waals surface area contributed by atoms with E-state index in [0.717, 1.165) is 37.0 Å². The van der Waals surface area contributed by atoms with Gasteiger partial charge < -0.3 is 20.9 Å². The lowest BCUT2D eigenvalue weighted by Crippen LogP contribution is -2.22. The first-order chi connectivity index (χ1) is 15.6. The summed E-state index contributed by atoms with van der Waals surface area (Å²) >= 11 is 0. The van der Waals surface area contributed by atoms with Gasteiger partial charge in [-0.05, 0) is 79.5 Å². The van der Waals surface area contributed by atoms with Crippen molar-refractivity contribution >= 4 is 29.7 Å². The zero-order valence-electron chi connectivity index (χ0n) is 18.6. The van der Waals surface area contributed by atoms with Gasteiger partial charge in [-0.25, -0.2) is 0 Å². The van der Waals surface area contributed by atoms with Crippen molar-refractivity contribution in [3.8, 4) is 5.75 Å². The summed E-state index contributed by atoms with van der Waals surface area (Å²) in [5, 5.41) is 13.5. The molecule has 2 atom stereocenters. The molecule has 1 aliphatic rings. The predicted octanol–water partition coefficient (Wildman–Crippen LogP) is 5.27. The molecule has 0 saturated heterocycles. The smallest absolute Gasteiger partial charge is 0.255 e. The standard InChI is InChI=1S/C27H30N2O3.ClH/c28-26-24-17-19(16-22(30)18-32-23-12-5-2-6-13-23)8-7-11-20(24)14-15-25(26)29-27(31)21-9-3-1-4-10-21;/h1-6,9-10,12-15,19,22,30H,7-8,11,16-18,28H2,(H,29,31);1H/t19?,22-;/m0./s1. The largest absolute Gasteiger partial charge is 0.491 e. The van der Waals surface area contributed by atoms with E-state index in [2.05, 4.69) is 11.4 Å². The topological polar surface area (TPSA) is 84.6 Å². The number of carbonyl (C=O) groups is 1. The molecule has 4 rings (SSSR count). The van der Waals surface area contributed by atoms with E-state index >= 15 is 0 Å². The summed E-state index contributed by atoms with van der Waals surface area (Å²) in [6.07, 6.45) is 3.95. The second-order valence-electron chi connectivity index (χ2n) is 8.46. The minimum Gasteiger partial charge on any atom is -0.491 e. The number of benzene rings is 3. The van der Waals surface area contributed by atoms with E-state index in [1.807, 2.05) is 54.6 Å². The lowest BCUT2D eigenvalue weighted by molar-refractivity contribution is 0.0834. The van der Waals surface area contributed by atoms with Crippen LogP contribution in [-0.4, -0.2) is 23.7 Å². The van der Waals surface area contributed by atoms with E-state index in [-0.39, 0.29) is 24.9 Å². The van der Waals surface area contributed by atoms with Crippen LogP contribution in [0.1, 0.15) is 40.7 Å². The molecule has 0 heterocycles. The van der Waals surface area contributed by atoms with Gasteiger partial charge in [-0.2, -0.15) is 0 Å². The van der Waals surface area contributed by atoms with Crippen LogP contribution in [0.4, 0.5) is 11.4 Å². The minimum atomic E-state index is -0.538. The number of aliphatic hydroxyl groups excluding tert-OH is 1. The lowest BCUT2D eigenvalue weighted by Gasteiger charge is -2.21. The molecular formula is C27H31ClN2O3. The van der Waals surface area contributed by atoms with Crippen molar-refractivity contribution in [2.45, 2.75) is 38.2 Å². The number of fused-ring (bicyclic) bond motifs is 1. The Bertz CT molecular complexity index is 1040. The van der Waals surface area contributed by atoms with E-state index < -0.39 is 6.10 Å². The first kappa shape index (κ1) is 24.6. The van der Waals surface area contributed by atoms with Gasteiger partial charge in [-0.3, -0.25) is 4.79 Å². The number of amides is 1. The second kappa shape index (κ2) is 11.7. The summed E-state index contributed by atoms with van der Waals surface area (Å²) in [7, 11) is 0. The van der Waals surface area contributed by atoms with Gasteiger partial charge in [0.15, 0.2) is 0 Å². The highest BCUT2D eigenvalue weighted by atomic mass is 35.5. The number of rotatable bonds is 7. The van der Waals surface area contributed by atoms with Crippen LogP contribution in [0.2, 0.25) is 0 Å². The molecule has 4 N–H and O–H groups in total. The highest BCUT2D eigenvalue weighted by Crippen LogP contribution is 2.35. The number of para-hydroxylation sites is 1. The number of carbonyl (C=O) groups excluding carboxylic acids is 1. The first-order valence-electron chi connectivity index (χ1n) is 11.2. The third-order valence-electron chi connectivity index (χ3n) is 6.08. The molecule has 0 radical (unpaired) electrons. The molecule has 174 valence electrons. The van der Waals surface area contributed by atoms with E-state index in [9.17, 15) is 9.90 Å². The van der Waals surface area contributed by atoms with E-state index in [1.165, 1.54) is 5.56 Å². The number of nitrogens with two attached hydrogens (primary N) is 1. The summed E-state index contributed by atoms with van der Waals surface area (Å²) in [5.74, 6) is 0.907. The number of ether oxygens (including phenoxy) is 1. The summed E-state index contributed by atoms with van der Waals surface area (Å²) in [6.45, 7) is 0.274. The van der Waals surface area contributed by atoms with Gasteiger partial charge in [0.25, 0.3) is 5.91 Å². The van der Waals surface area contributed by atoms with Gasteiger partial charge in [0.1, 0.15) is 12.4 Å². The normalized spacial score (nSPS) is 16.0. The molecule has 0 aliphatic heterocycles. The second-order valence-corrected chi connectivity index (χ2v) is 8.46. The molecule has 5 nitrogen and oxygen atoms in total. The molecule has 1 aliphatic carbocycles. The molecule has 3 aromatic carbocycles. The molecule has 0 aromatic heterocycles. The Kier molecular flexibility index (Phi) is 8.75. The molecule has 3 aromatic rings. The quantitative estimate of drug-likeness (QED) is 0.327. The number of halogens is 1. The van der Waals surface area contributed by atoms with Crippen molar-refractivity contribution in [2.24, 2.45) is 5.92 Å². The number of hydrogen-bond acceptors (Lipinski definition) is 4. The SMILES string of the molecule is Cl.Nc1c(NC(=O)c2ccccc2)ccc2c1CC(C[C@H](O)COc1ccccc1)CCC2. The molecule has 1 unspecified atom stereocenters. The molecule has 0 saturated carbocycles. The van der Waals surface area contributed by atoms with Crippen LogP contribution in [0.15, 0.2) is 72.8 Å². The highest BCUT2D eigenvalue weighted by molar-refractivity contribution is 6.06. The van der Waals surface area contributed by atoms with Gasteiger partial charge in [0.05, 0.1) is 17.5 Å². The number of aliphatic hydroxyl groups is 1. The van der Waals surface area contributed by atoms with E-state index in [0.29, 0.717) is 29.3 Å². The monoisotopic (exact) mass is 466 g/mol.